The van der Waals surface area contributed by atoms with Crippen LogP contribution >= 0.6 is 15.9 Å². The maximum atomic E-state index is 13.9. The fourth-order valence-electron chi connectivity index (χ4n) is 17.1. The zero-order valence-electron chi connectivity index (χ0n) is 56.6. The third-order valence-electron chi connectivity index (χ3n) is 22.5. The second-order valence-electron chi connectivity index (χ2n) is 28.6. The van der Waals surface area contributed by atoms with Crippen LogP contribution in [0.5, 0.6) is 0 Å². The van der Waals surface area contributed by atoms with E-state index in [1.807, 2.05) is 66.8 Å². The molecule has 0 unspecified atom stereocenters. The van der Waals surface area contributed by atoms with Gasteiger partial charge in [-0.15, -0.1) is 0 Å². The summed E-state index contributed by atoms with van der Waals surface area (Å²) in [6.07, 6.45) is 9.11. The molecule has 4 aliphatic rings. The maximum Gasteiger partial charge on any atom is 0.494 e. The van der Waals surface area contributed by atoms with Crippen LogP contribution in [-0.2, 0) is 29.0 Å². The quantitative estimate of drug-likeness (QED) is 0.128. The van der Waals surface area contributed by atoms with Gasteiger partial charge in [-0.1, -0.05) is 163 Å². The smallest absolute Gasteiger partial charge is 0.399 e. The Labute approximate surface area is 614 Å². The summed E-state index contributed by atoms with van der Waals surface area (Å²) < 4.78 is 76.5. The summed E-state index contributed by atoms with van der Waals surface area (Å²) in [5.74, 6) is 0. The average Bonchev–Trinajstić information content (AvgIpc) is 1.54. The van der Waals surface area contributed by atoms with Crippen molar-refractivity contribution in [1.29, 1.82) is 0 Å². The minimum absolute atomic E-state index is 0. The van der Waals surface area contributed by atoms with Crippen molar-refractivity contribution in [1.82, 2.24) is 17.9 Å². The standard InChI is InChI=1S/C42H24N2O2S.C24H22BNO2.C24H13BrNO2S.CH4/c45-47(46)40-19-17-25(26-22-34-30-11-3-7-15-38(30)44-39-16-8-4-12-31(39)35(23-26)42(34)44)21-32(40)33-24-27(18-20-41(33)47)43-36-13-5-1-9-28(36)29-10-2-6-14-37(29)43;1-23(2)24(3,4)28-25(27-23)15-13-18-16-9-5-7-11-20(16)26-21-12-8-6-10-17(21)19(14-15)22(18)26;25-15-9-11-23-19(13-15)20-14-16(10-12-24(20)29(23,27)28)26-21-7-3-1-5-17(21)18-6-2-4-8-22(18)26;/h1-24H;5-14H,1-4H3;1,3-14H;1H4/q;;+1;. The summed E-state index contributed by atoms with van der Waals surface area (Å²) in [6.45, 7) is 8.41. The van der Waals surface area contributed by atoms with E-state index in [9.17, 15) is 16.8 Å². The SMILES string of the molecule is C.CC1(C)OB(c2cc3c4ccccc4n4c5ccccc5c(c2)c34)OC1(C)C.O=S1(=O)c2ccc(-c3cc4c5ccccc5n5c6ccccc6c(c3)c45)cc2-c2cc(-n3c4ccccc4c4ccccc43)ccc21.O=S1(=O)c2ccc(Br)cc2-c2cc(-n3c4c(c5ccccc53)C=[C+]C=C4)ccc21. The molecule has 19 aromatic rings. The van der Waals surface area contributed by atoms with Crippen LogP contribution < -0.4 is 5.46 Å². The number of allylic oxidation sites excluding steroid dienone is 2. The van der Waals surface area contributed by atoms with Gasteiger partial charge < -0.3 is 22.7 Å². The molecule has 6 aromatic heterocycles. The molecule has 10 nitrogen and oxygen atoms in total. The first-order chi connectivity index (χ1) is 50.5. The lowest BCUT2D eigenvalue weighted by molar-refractivity contribution is 0.00578. The van der Waals surface area contributed by atoms with Gasteiger partial charge in [0.25, 0.3) is 0 Å². The lowest BCUT2D eigenvalue weighted by Crippen LogP contribution is -2.41. The van der Waals surface area contributed by atoms with Crippen LogP contribution in [0.1, 0.15) is 46.4 Å². The number of benzene rings is 13. The molecule has 105 heavy (non-hydrogen) atoms. The predicted octanol–water partition coefficient (Wildman–Crippen LogP) is 22.2. The second-order valence-corrected chi connectivity index (χ2v) is 33.3. The monoisotopic (exact) mass is 1460 g/mol. The molecule has 1 aliphatic carbocycles. The highest BCUT2D eigenvalue weighted by Crippen LogP contribution is 2.50. The summed E-state index contributed by atoms with van der Waals surface area (Å²) in [7, 11) is -7.49. The van der Waals surface area contributed by atoms with Crippen molar-refractivity contribution in [3.63, 3.8) is 0 Å². The van der Waals surface area contributed by atoms with Crippen molar-refractivity contribution in [2.45, 2.75) is 65.9 Å². The van der Waals surface area contributed by atoms with Crippen LogP contribution in [0.4, 0.5) is 0 Å². The average molecular weight is 1460 g/mol. The van der Waals surface area contributed by atoms with Gasteiger partial charge in [0.1, 0.15) is 17.7 Å². The highest BCUT2D eigenvalue weighted by atomic mass is 79.9. The molecule has 0 N–H and O–H groups in total. The van der Waals surface area contributed by atoms with E-state index in [0.29, 0.717) is 19.6 Å². The summed E-state index contributed by atoms with van der Waals surface area (Å²) in [5.41, 5.74) is 20.1. The molecule has 0 saturated carbocycles. The number of para-hydroxylation sites is 7. The summed E-state index contributed by atoms with van der Waals surface area (Å²) in [5, 5.41) is 13.4. The van der Waals surface area contributed by atoms with Crippen LogP contribution in [0.15, 0.2) is 297 Å². The Bertz CT molecular complexity index is 7080. The Kier molecular flexibility index (Phi) is 13.6. The van der Waals surface area contributed by atoms with E-state index < -0.39 is 19.7 Å². The summed E-state index contributed by atoms with van der Waals surface area (Å²) >= 11 is 3.47. The lowest BCUT2D eigenvalue weighted by atomic mass is 9.77. The normalized spacial score (nSPS) is 15.4. The summed E-state index contributed by atoms with van der Waals surface area (Å²) in [6, 6.07) is 91.0. The Hall–Kier alpha value is -11.4. The number of hydrogen-bond donors (Lipinski definition) is 0. The van der Waals surface area contributed by atoms with Gasteiger partial charge in [0.15, 0.2) is 5.69 Å². The number of aromatic nitrogens is 4. The Morgan fingerprint density at radius 3 is 1.20 bits per heavy atom. The van der Waals surface area contributed by atoms with Crippen LogP contribution in [0, 0.1) is 6.08 Å². The molecule has 13 aromatic carbocycles. The van der Waals surface area contributed by atoms with Crippen molar-refractivity contribution in [2.75, 3.05) is 0 Å². The molecular weight excluding hydrogens is 1400 g/mol. The Morgan fingerprint density at radius 2 is 0.733 bits per heavy atom. The first-order valence-electron chi connectivity index (χ1n) is 34.8. The minimum Gasteiger partial charge on any atom is -0.399 e. The van der Waals surface area contributed by atoms with Gasteiger partial charge in [-0.2, -0.15) is 0 Å². The van der Waals surface area contributed by atoms with Crippen molar-refractivity contribution >= 4 is 169 Å². The van der Waals surface area contributed by atoms with Gasteiger partial charge in [0.05, 0.1) is 91.9 Å². The molecule has 0 spiro atoms. The van der Waals surface area contributed by atoms with Crippen molar-refractivity contribution in [3.05, 3.63) is 295 Å². The van der Waals surface area contributed by atoms with Crippen molar-refractivity contribution in [3.8, 4) is 44.8 Å². The highest BCUT2D eigenvalue weighted by molar-refractivity contribution is 9.10. The maximum absolute atomic E-state index is 13.9. The van der Waals surface area contributed by atoms with E-state index in [1.165, 1.54) is 87.0 Å². The first-order valence-corrected chi connectivity index (χ1v) is 38.6. The third-order valence-corrected chi connectivity index (χ3v) is 26.7. The largest absolute Gasteiger partial charge is 0.494 e. The molecule has 9 heterocycles. The van der Waals surface area contributed by atoms with Gasteiger partial charge in [-0.05, 0) is 172 Å². The van der Waals surface area contributed by atoms with Gasteiger partial charge in [0.2, 0.25) is 19.7 Å². The van der Waals surface area contributed by atoms with Crippen LogP contribution in [0.2, 0.25) is 0 Å². The third kappa shape index (κ3) is 8.93. The van der Waals surface area contributed by atoms with Gasteiger partial charge in [-0.25, -0.2) is 16.8 Å². The predicted molar refractivity (Wildman–Crippen MR) is 434 cm³/mol. The highest BCUT2D eigenvalue weighted by Gasteiger charge is 2.52. The molecule has 23 rings (SSSR count). The van der Waals surface area contributed by atoms with Crippen molar-refractivity contribution < 1.29 is 26.1 Å². The van der Waals surface area contributed by atoms with Crippen LogP contribution in [0.25, 0.3) is 166 Å². The molecule has 1 saturated heterocycles. The number of halogens is 1. The second kappa shape index (κ2) is 22.5. The van der Waals surface area contributed by atoms with E-state index >= 15 is 0 Å². The molecule has 1 fully saturated rings. The van der Waals surface area contributed by atoms with Gasteiger partial charge >= 0.3 is 7.12 Å². The van der Waals surface area contributed by atoms with Crippen molar-refractivity contribution in [2.24, 2.45) is 0 Å². The molecule has 504 valence electrons. The Balaban J connectivity index is 0.000000110. The number of hydrogen-bond acceptors (Lipinski definition) is 6. The summed E-state index contributed by atoms with van der Waals surface area (Å²) in [4.78, 5) is 1.46. The number of nitrogens with zero attached hydrogens (tertiary/aromatic N) is 4. The molecular formula is C91H63BBrN4O6S2+. The molecule has 0 radical (unpaired) electrons. The first kappa shape index (κ1) is 63.3. The lowest BCUT2D eigenvalue weighted by Gasteiger charge is -2.32. The fourth-order valence-corrected chi connectivity index (χ4v) is 20.7. The van der Waals surface area contributed by atoms with E-state index in [4.69, 9.17) is 9.31 Å². The zero-order valence-corrected chi connectivity index (χ0v) is 59.9. The van der Waals surface area contributed by atoms with E-state index in [1.54, 1.807) is 30.3 Å². The number of sulfone groups is 2. The van der Waals surface area contributed by atoms with Crippen LogP contribution in [0.3, 0.4) is 0 Å². The zero-order chi connectivity index (χ0) is 70.0. The minimum atomic E-state index is -3.65. The molecule has 0 bridgehead atoms. The van der Waals surface area contributed by atoms with Gasteiger partial charge in [-0.3, -0.25) is 4.57 Å². The van der Waals surface area contributed by atoms with Crippen LogP contribution in [-0.4, -0.2) is 53.1 Å². The molecule has 0 amide bonds. The number of fused-ring (bicyclic) bond motifs is 24. The fraction of sp³-hybridized carbons (Fsp3) is 0.0769. The van der Waals surface area contributed by atoms with E-state index in [-0.39, 0.29) is 25.7 Å². The molecule has 14 heteroatoms. The van der Waals surface area contributed by atoms with Gasteiger partial charge in [0, 0.05) is 98.0 Å². The number of rotatable bonds is 4. The van der Waals surface area contributed by atoms with E-state index in [0.717, 1.165) is 87.9 Å². The Morgan fingerprint density at radius 1 is 0.371 bits per heavy atom. The molecule has 0 atom stereocenters. The molecule has 3 aliphatic heterocycles. The van der Waals surface area contributed by atoms with E-state index in [2.05, 4.69) is 256 Å². The topological polar surface area (TPSA) is 105 Å².